The molecule has 206 valence electrons. The van der Waals surface area contributed by atoms with Crippen LogP contribution in [0.4, 0.5) is 24.8 Å². The summed E-state index contributed by atoms with van der Waals surface area (Å²) in [5.41, 5.74) is -0.274. The Kier molecular flexibility index (Phi) is 6.95. The largest absolute Gasteiger partial charge is 0.433 e. The lowest BCUT2D eigenvalue weighted by Crippen LogP contribution is -2.45. The number of nitrogens with zero attached hydrogens (tertiary/aromatic N) is 6. The average molecular weight is 580 g/mol. The number of aromatic nitrogens is 5. The summed E-state index contributed by atoms with van der Waals surface area (Å²) in [6.07, 6.45) is 1.26. The number of aryl methyl sites for hydroxylation is 2. The Balaban J connectivity index is 1.32. The molecule has 1 aliphatic heterocycles. The molecule has 1 aromatic carbocycles. The molecule has 1 aliphatic rings. The minimum atomic E-state index is -4.59. The standard InChI is InChI=1S/C24H24F3N7O3S2/c1-15-9-16(11-17(10-15)31-22-28-6-3-19(32-22)24(25,26)27)18-12-29-21(38-18)23(35)4-7-34(8-5-23)39(36,37)20-13-33(2)14-30-20/h3,6,9-14,35H,4-5,7-8H2,1-2H3,(H,28,31,32). The summed E-state index contributed by atoms with van der Waals surface area (Å²) in [7, 11) is -2.08. The monoisotopic (exact) mass is 579 g/mol. The number of rotatable bonds is 6. The van der Waals surface area contributed by atoms with E-state index in [0.29, 0.717) is 10.7 Å². The normalized spacial score (nSPS) is 16.4. The molecular weight excluding hydrogens is 555 g/mol. The molecule has 0 unspecified atom stereocenters. The van der Waals surface area contributed by atoms with Crippen LogP contribution in [0.5, 0.6) is 0 Å². The molecule has 15 heteroatoms. The lowest BCUT2D eigenvalue weighted by molar-refractivity contribution is -0.141. The van der Waals surface area contributed by atoms with Crippen molar-refractivity contribution in [2.45, 2.75) is 36.6 Å². The summed E-state index contributed by atoms with van der Waals surface area (Å²) >= 11 is 1.28. The maximum Gasteiger partial charge on any atom is 0.433 e. The number of aliphatic hydroxyl groups is 1. The number of hydrogen-bond acceptors (Lipinski definition) is 9. The topological polar surface area (TPSA) is 126 Å². The van der Waals surface area contributed by atoms with E-state index in [4.69, 9.17) is 0 Å². The number of anilines is 2. The van der Waals surface area contributed by atoms with E-state index >= 15 is 0 Å². The zero-order valence-electron chi connectivity index (χ0n) is 20.8. The predicted octanol–water partition coefficient (Wildman–Crippen LogP) is 4.08. The average Bonchev–Trinajstić information content (AvgIpc) is 3.54. The number of hydrogen-bond donors (Lipinski definition) is 2. The third kappa shape index (κ3) is 5.66. The maximum absolute atomic E-state index is 13.0. The summed E-state index contributed by atoms with van der Waals surface area (Å²) in [6.45, 7) is 2.06. The van der Waals surface area contributed by atoms with Crippen LogP contribution in [-0.2, 0) is 28.8 Å². The highest BCUT2D eigenvalue weighted by Crippen LogP contribution is 2.40. The van der Waals surface area contributed by atoms with E-state index in [1.54, 1.807) is 29.9 Å². The zero-order valence-corrected chi connectivity index (χ0v) is 22.5. The second kappa shape index (κ2) is 9.97. The van der Waals surface area contributed by atoms with Gasteiger partial charge in [0.25, 0.3) is 10.0 Å². The van der Waals surface area contributed by atoms with Crippen LogP contribution in [0.2, 0.25) is 0 Å². The van der Waals surface area contributed by atoms with Crippen LogP contribution < -0.4 is 5.32 Å². The van der Waals surface area contributed by atoms with Crippen molar-refractivity contribution in [1.29, 1.82) is 0 Å². The van der Waals surface area contributed by atoms with Gasteiger partial charge < -0.3 is 15.0 Å². The lowest BCUT2D eigenvalue weighted by atomic mass is 9.93. The van der Waals surface area contributed by atoms with Crippen LogP contribution >= 0.6 is 11.3 Å². The van der Waals surface area contributed by atoms with Crippen LogP contribution in [0.15, 0.2) is 54.2 Å². The van der Waals surface area contributed by atoms with Crippen molar-refractivity contribution in [3.05, 3.63) is 65.4 Å². The molecule has 4 heterocycles. The first kappa shape index (κ1) is 27.2. The molecule has 0 radical (unpaired) electrons. The van der Waals surface area contributed by atoms with Gasteiger partial charge in [0, 0.05) is 44.4 Å². The van der Waals surface area contributed by atoms with E-state index in [1.807, 2.05) is 13.0 Å². The van der Waals surface area contributed by atoms with E-state index in [2.05, 4.69) is 25.3 Å². The molecule has 0 bridgehead atoms. The van der Waals surface area contributed by atoms with Crippen molar-refractivity contribution >= 4 is 33.0 Å². The van der Waals surface area contributed by atoms with Crippen LogP contribution in [0.25, 0.3) is 10.4 Å². The number of nitrogens with one attached hydrogen (secondary N) is 1. The summed E-state index contributed by atoms with van der Waals surface area (Å²) in [4.78, 5) is 16.5. The molecule has 39 heavy (non-hydrogen) atoms. The van der Waals surface area contributed by atoms with Gasteiger partial charge in [-0.1, -0.05) is 6.07 Å². The van der Waals surface area contributed by atoms with Gasteiger partial charge in [0.05, 0.1) is 11.2 Å². The number of halogens is 3. The summed E-state index contributed by atoms with van der Waals surface area (Å²) in [5, 5.41) is 14.6. The third-order valence-corrected chi connectivity index (χ3v) is 9.33. The minimum absolute atomic E-state index is 0.0358. The fourth-order valence-corrected chi connectivity index (χ4v) is 6.75. The van der Waals surface area contributed by atoms with Crippen molar-refractivity contribution < 1.29 is 26.7 Å². The highest BCUT2D eigenvalue weighted by molar-refractivity contribution is 7.89. The molecule has 5 rings (SSSR count). The Morgan fingerprint density at radius 2 is 1.87 bits per heavy atom. The molecule has 0 atom stereocenters. The first-order valence-corrected chi connectivity index (χ1v) is 14.1. The highest BCUT2D eigenvalue weighted by atomic mass is 32.2. The van der Waals surface area contributed by atoms with Gasteiger partial charge in [-0.25, -0.2) is 28.4 Å². The Hall–Kier alpha value is -3.40. The molecular formula is C24H24F3N7O3S2. The van der Waals surface area contributed by atoms with E-state index in [0.717, 1.165) is 28.3 Å². The fraction of sp³-hybridized carbons (Fsp3) is 0.333. The van der Waals surface area contributed by atoms with Gasteiger partial charge in [0.1, 0.15) is 16.3 Å². The van der Waals surface area contributed by atoms with Crippen molar-refractivity contribution in [3.8, 4) is 10.4 Å². The summed E-state index contributed by atoms with van der Waals surface area (Å²) in [6, 6.07) is 6.18. The number of thiazole rings is 1. The van der Waals surface area contributed by atoms with Crippen LogP contribution in [0.3, 0.4) is 0 Å². The number of benzene rings is 1. The highest BCUT2D eigenvalue weighted by Gasteiger charge is 2.41. The van der Waals surface area contributed by atoms with Crippen molar-refractivity contribution in [2.75, 3.05) is 18.4 Å². The van der Waals surface area contributed by atoms with Gasteiger partial charge in [-0.15, -0.1) is 11.3 Å². The SMILES string of the molecule is Cc1cc(Nc2nccc(C(F)(F)F)n2)cc(-c2cnc(C3(O)CCN(S(=O)(=O)c4cn(C)cn4)CC3)s2)c1. The van der Waals surface area contributed by atoms with Crippen molar-refractivity contribution in [1.82, 2.24) is 28.8 Å². The Morgan fingerprint density at radius 3 is 2.54 bits per heavy atom. The van der Waals surface area contributed by atoms with E-state index in [1.165, 1.54) is 28.2 Å². The molecule has 10 nitrogen and oxygen atoms in total. The van der Waals surface area contributed by atoms with Crippen LogP contribution in [0, 0.1) is 6.92 Å². The molecule has 3 aromatic heterocycles. The number of alkyl halides is 3. The Morgan fingerprint density at radius 1 is 1.13 bits per heavy atom. The lowest BCUT2D eigenvalue weighted by Gasteiger charge is -2.35. The summed E-state index contributed by atoms with van der Waals surface area (Å²) < 4.78 is 67.7. The quantitative estimate of drug-likeness (QED) is 0.350. The van der Waals surface area contributed by atoms with E-state index < -0.39 is 27.5 Å². The molecule has 1 fully saturated rings. The molecule has 4 aromatic rings. The van der Waals surface area contributed by atoms with Crippen LogP contribution in [0.1, 0.15) is 29.1 Å². The fourth-order valence-electron chi connectivity index (χ4n) is 4.29. The molecule has 0 saturated carbocycles. The maximum atomic E-state index is 13.0. The van der Waals surface area contributed by atoms with Gasteiger partial charge in [-0.05, 0) is 49.1 Å². The molecule has 0 spiro atoms. The first-order chi connectivity index (χ1) is 18.3. The molecule has 0 amide bonds. The second-order valence-electron chi connectivity index (χ2n) is 9.32. The smallest absolute Gasteiger partial charge is 0.383 e. The Labute approximate surface area is 226 Å². The van der Waals surface area contributed by atoms with Crippen molar-refractivity contribution in [2.24, 2.45) is 7.05 Å². The first-order valence-electron chi connectivity index (χ1n) is 11.8. The zero-order chi connectivity index (χ0) is 28.0. The summed E-state index contributed by atoms with van der Waals surface area (Å²) in [5.74, 6) is -0.187. The second-order valence-corrected chi connectivity index (χ2v) is 12.2. The van der Waals surface area contributed by atoms with Crippen LogP contribution in [-0.4, -0.2) is 55.4 Å². The minimum Gasteiger partial charge on any atom is -0.383 e. The van der Waals surface area contributed by atoms with Gasteiger partial charge in [0.15, 0.2) is 5.03 Å². The van der Waals surface area contributed by atoms with Gasteiger partial charge in [-0.2, -0.15) is 17.5 Å². The van der Waals surface area contributed by atoms with E-state index in [-0.39, 0.29) is 36.9 Å². The van der Waals surface area contributed by atoms with Gasteiger partial charge in [-0.3, -0.25) is 0 Å². The molecule has 1 saturated heterocycles. The van der Waals surface area contributed by atoms with Crippen molar-refractivity contribution in [3.63, 3.8) is 0 Å². The predicted molar refractivity (Wildman–Crippen MR) is 138 cm³/mol. The third-order valence-electron chi connectivity index (χ3n) is 6.30. The number of imidazole rings is 1. The molecule has 0 aliphatic carbocycles. The van der Waals surface area contributed by atoms with E-state index in [9.17, 15) is 26.7 Å². The Bertz CT molecular complexity index is 1610. The number of piperidine rings is 1. The molecule has 2 N–H and O–H groups in total. The van der Waals surface area contributed by atoms with Gasteiger partial charge in [0.2, 0.25) is 5.95 Å². The number of sulfonamides is 1. The van der Waals surface area contributed by atoms with Gasteiger partial charge >= 0.3 is 6.18 Å².